The van der Waals surface area contributed by atoms with Gasteiger partial charge in [-0.25, -0.2) is 0 Å². The van der Waals surface area contributed by atoms with Crippen molar-refractivity contribution in [3.05, 3.63) is 0 Å². The average Bonchev–Trinajstić information content (AvgIpc) is 1.41. The van der Waals surface area contributed by atoms with E-state index in [4.69, 9.17) is 11.6 Å². The van der Waals surface area contributed by atoms with E-state index in [9.17, 15) is 0 Å². The van der Waals surface area contributed by atoms with Gasteiger partial charge in [0, 0.05) is 5.88 Å². The van der Waals surface area contributed by atoms with E-state index < -0.39 is 0 Å². The summed E-state index contributed by atoms with van der Waals surface area (Å²) < 4.78 is 0. The zero-order valence-corrected chi connectivity index (χ0v) is 5.05. The third-order valence-corrected chi connectivity index (χ3v) is 1.60. The molecule has 0 rings (SSSR count). The van der Waals surface area contributed by atoms with Crippen molar-refractivity contribution in [2.24, 2.45) is 0 Å². The first-order valence-electron chi connectivity index (χ1n) is 1.62. The molecule has 1 atom stereocenters. The van der Waals surface area contributed by atoms with Crippen LogP contribution in [0.25, 0.3) is 0 Å². The Labute approximate surface area is 39.7 Å². The first-order valence-corrected chi connectivity index (χ1v) is 3.86. The Morgan fingerprint density at radius 2 is 2.40 bits per heavy atom. The van der Waals surface area contributed by atoms with E-state index >= 15 is 0 Å². The van der Waals surface area contributed by atoms with Gasteiger partial charge in [-0.15, -0.1) is 20.2 Å². The molecule has 0 aliphatic rings. The Hall–Kier alpha value is 0.720. The molecule has 0 bridgehead atoms. The van der Waals surface area contributed by atoms with Gasteiger partial charge >= 0.3 is 0 Å². The minimum Gasteiger partial charge on any atom is -0.126 e. The third-order valence-electron chi connectivity index (χ3n) is 0.344. The molecule has 0 saturated heterocycles. The molecule has 0 spiro atoms. The first-order chi connectivity index (χ1) is 2.41. The number of hydrogen-bond donors (Lipinski definition) is 0. The highest BCUT2D eigenvalue weighted by Crippen LogP contribution is 1.99. The molecular formula is C3H8ClP. The van der Waals surface area contributed by atoms with Gasteiger partial charge in [0.25, 0.3) is 0 Å². The van der Waals surface area contributed by atoms with Gasteiger partial charge in [-0.1, -0.05) is 0 Å². The van der Waals surface area contributed by atoms with Crippen LogP contribution in [0.4, 0.5) is 0 Å². The molecule has 1 unspecified atom stereocenters. The van der Waals surface area contributed by atoms with Crippen LogP contribution in [0.15, 0.2) is 0 Å². The molecule has 0 aromatic carbocycles. The molecule has 5 heavy (non-hydrogen) atoms. The Morgan fingerprint density at radius 3 is 2.40 bits per heavy atom. The average molecular weight is 111 g/mol. The lowest BCUT2D eigenvalue weighted by Crippen LogP contribution is -1.68. The monoisotopic (exact) mass is 110 g/mol. The second-order valence-corrected chi connectivity index (χ2v) is 2.38. The van der Waals surface area contributed by atoms with Crippen molar-refractivity contribution in [3.8, 4) is 0 Å². The summed E-state index contributed by atoms with van der Waals surface area (Å²) in [5, 5.41) is 0. The minimum absolute atomic E-state index is 0.828. The normalized spacial score (nSPS) is 10.8. The molecule has 0 aromatic heterocycles. The number of rotatable bonds is 2. The van der Waals surface area contributed by atoms with E-state index in [1.807, 2.05) is 0 Å². The molecule has 0 aliphatic heterocycles. The molecule has 0 amide bonds. The molecular weight excluding hydrogens is 102 g/mol. The number of alkyl halides is 1. The maximum Gasteiger partial charge on any atom is 0.0260 e. The molecule has 0 fully saturated rings. The summed E-state index contributed by atoms with van der Waals surface area (Å²) in [7, 11) is 1.03. The van der Waals surface area contributed by atoms with E-state index in [1.54, 1.807) is 0 Å². The van der Waals surface area contributed by atoms with Gasteiger partial charge in [0.2, 0.25) is 0 Å². The van der Waals surface area contributed by atoms with E-state index in [-0.39, 0.29) is 0 Å². The van der Waals surface area contributed by atoms with Gasteiger partial charge in [-0.3, -0.25) is 0 Å². The van der Waals surface area contributed by atoms with Crippen LogP contribution >= 0.6 is 20.2 Å². The summed E-state index contributed by atoms with van der Waals surface area (Å²) in [5.41, 5.74) is 0. The summed E-state index contributed by atoms with van der Waals surface area (Å²) in [6.07, 6.45) is 1.18. The highest BCUT2D eigenvalue weighted by Gasteiger charge is 1.69. The summed E-state index contributed by atoms with van der Waals surface area (Å²) in [6.45, 7) is 2.16. The molecule has 2 heteroatoms. The summed E-state index contributed by atoms with van der Waals surface area (Å²) in [5.74, 6) is 0.828. The highest BCUT2D eigenvalue weighted by atomic mass is 35.5. The van der Waals surface area contributed by atoms with Crippen LogP contribution in [0.1, 0.15) is 0 Å². The fourth-order valence-corrected chi connectivity index (χ4v) is 0.850. The van der Waals surface area contributed by atoms with Crippen LogP contribution in [0, 0.1) is 0 Å². The Balaban J connectivity index is 2.19. The van der Waals surface area contributed by atoms with Gasteiger partial charge < -0.3 is 0 Å². The Kier molecular flexibility index (Phi) is 5.40. The predicted molar refractivity (Wildman–Crippen MR) is 29.8 cm³/mol. The summed E-state index contributed by atoms with van der Waals surface area (Å²) >= 11 is 5.31. The molecule has 0 heterocycles. The maximum atomic E-state index is 5.31. The van der Waals surface area contributed by atoms with Crippen LogP contribution in [0.2, 0.25) is 0 Å². The van der Waals surface area contributed by atoms with Crippen molar-refractivity contribution < 1.29 is 0 Å². The zero-order chi connectivity index (χ0) is 4.12. The van der Waals surface area contributed by atoms with Crippen molar-refractivity contribution in [1.29, 1.82) is 0 Å². The van der Waals surface area contributed by atoms with E-state index in [0.29, 0.717) is 0 Å². The zero-order valence-electron chi connectivity index (χ0n) is 3.29. The predicted octanol–water partition coefficient (Wildman–Crippen LogP) is 1.53. The molecule has 0 N–H and O–H groups in total. The van der Waals surface area contributed by atoms with Crippen molar-refractivity contribution in [3.63, 3.8) is 0 Å². The molecule has 0 aromatic rings. The lowest BCUT2D eigenvalue weighted by molar-refractivity contribution is 1.53. The van der Waals surface area contributed by atoms with E-state index in [2.05, 4.69) is 6.66 Å². The summed E-state index contributed by atoms with van der Waals surface area (Å²) in [4.78, 5) is 0. The lowest BCUT2D eigenvalue weighted by Gasteiger charge is -1.78. The topological polar surface area (TPSA) is 0 Å². The Morgan fingerprint density at radius 1 is 1.80 bits per heavy atom. The smallest absolute Gasteiger partial charge is 0.0260 e. The van der Waals surface area contributed by atoms with Crippen LogP contribution < -0.4 is 0 Å². The van der Waals surface area contributed by atoms with Gasteiger partial charge in [0.15, 0.2) is 0 Å². The van der Waals surface area contributed by atoms with Gasteiger partial charge in [-0.05, 0) is 12.8 Å². The van der Waals surface area contributed by atoms with Crippen molar-refractivity contribution in [1.82, 2.24) is 0 Å². The van der Waals surface area contributed by atoms with E-state index in [1.165, 1.54) is 6.16 Å². The van der Waals surface area contributed by atoms with Crippen LogP contribution in [0.5, 0.6) is 0 Å². The quantitative estimate of drug-likeness (QED) is 0.374. The largest absolute Gasteiger partial charge is 0.126 e. The van der Waals surface area contributed by atoms with Crippen molar-refractivity contribution in [2.75, 3.05) is 18.7 Å². The van der Waals surface area contributed by atoms with E-state index in [0.717, 1.165) is 14.5 Å². The number of hydrogen-bond acceptors (Lipinski definition) is 0. The van der Waals surface area contributed by atoms with Crippen molar-refractivity contribution in [2.45, 2.75) is 0 Å². The molecule has 0 aliphatic carbocycles. The second-order valence-electron chi connectivity index (χ2n) is 0.793. The highest BCUT2D eigenvalue weighted by molar-refractivity contribution is 7.37. The lowest BCUT2D eigenvalue weighted by atomic mass is 11.0. The van der Waals surface area contributed by atoms with Gasteiger partial charge in [-0.2, -0.15) is 0 Å². The van der Waals surface area contributed by atoms with Crippen LogP contribution in [0.3, 0.4) is 0 Å². The van der Waals surface area contributed by atoms with Crippen LogP contribution in [-0.4, -0.2) is 18.7 Å². The maximum absolute atomic E-state index is 5.31. The first kappa shape index (κ1) is 5.72. The van der Waals surface area contributed by atoms with Gasteiger partial charge in [0.1, 0.15) is 0 Å². The number of halogens is 1. The third kappa shape index (κ3) is 4.72. The molecule has 0 saturated carbocycles. The molecule has 0 radical (unpaired) electrons. The fraction of sp³-hybridized carbons (Fsp3) is 1.00. The minimum atomic E-state index is 0.828. The fourth-order valence-electron chi connectivity index (χ4n) is 0.0945. The molecule has 32 valence electrons. The molecule has 0 nitrogen and oxygen atoms in total. The Bertz CT molecular complexity index is 14.4. The summed E-state index contributed by atoms with van der Waals surface area (Å²) in [6, 6.07) is 0. The second kappa shape index (κ2) is 4.72. The standard InChI is InChI=1S/C3H8ClP/c1-5-3-2-4/h5H,2-3H2,1H3. The van der Waals surface area contributed by atoms with Crippen molar-refractivity contribution >= 4 is 20.2 Å². The van der Waals surface area contributed by atoms with Crippen LogP contribution in [-0.2, 0) is 0 Å². The van der Waals surface area contributed by atoms with Gasteiger partial charge in [0.05, 0.1) is 0 Å². The SMILES string of the molecule is CPCCCl.